The molecular weight excluding hydrogens is 303 g/mol. The lowest BCUT2D eigenvalue weighted by Crippen LogP contribution is -2.30. The van der Waals surface area contributed by atoms with E-state index >= 15 is 0 Å². The molecule has 0 atom stereocenters. The standard InChI is InChI=1S/C12H7FN2O3S2/c13-10-4-5-19-11(10)12(16)15-20(17,18)9-3-1-2-8(6-9)7-14/h1-6H,(H,15,16). The highest BCUT2D eigenvalue weighted by Crippen LogP contribution is 2.16. The van der Waals surface area contributed by atoms with Crippen molar-refractivity contribution >= 4 is 27.3 Å². The van der Waals surface area contributed by atoms with Gasteiger partial charge in [0.2, 0.25) is 0 Å². The van der Waals surface area contributed by atoms with Gasteiger partial charge in [0.15, 0.2) is 0 Å². The molecule has 20 heavy (non-hydrogen) atoms. The fourth-order valence-corrected chi connectivity index (χ4v) is 3.15. The van der Waals surface area contributed by atoms with Crippen molar-refractivity contribution < 1.29 is 17.6 Å². The van der Waals surface area contributed by atoms with Gasteiger partial charge in [0.1, 0.15) is 10.7 Å². The van der Waals surface area contributed by atoms with Crippen molar-refractivity contribution in [1.29, 1.82) is 5.26 Å². The molecular formula is C12H7FN2O3S2. The molecule has 1 N–H and O–H groups in total. The highest BCUT2D eigenvalue weighted by Gasteiger charge is 2.21. The number of benzene rings is 1. The fraction of sp³-hybridized carbons (Fsp3) is 0. The number of sulfonamides is 1. The zero-order valence-electron chi connectivity index (χ0n) is 9.83. The Morgan fingerprint density at radius 2 is 2.10 bits per heavy atom. The predicted molar refractivity (Wildman–Crippen MR) is 70.1 cm³/mol. The average molecular weight is 310 g/mol. The van der Waals surface area contributed by atoms with Crippen molar-refractivity contribution in [2.24, 2.45) is 0 Å². The molecule has 0 aliphatic rings. The first kappa shape index (κ1) is 14.2. The summed E-state index contributed by atoms with van der Waals surface area (Å²) in [5.41, 5.74) is 0.141. The van der Waals surface area contributed by atoms with Crippen LogP contribution in [0.3, 0.4) is 0 Å². The summed E-state index contributed by atoms with van der Waals surface area (Å²) >= 11 is 0.797. The molecule has 0 fully saturated rings. The molecule has 1 aromatic heterocycles. The summed E-state index contributed by atoms with van der Waals surface area (Å²) in [7, 11) is -4.15. The Bertz CT molecular complexity index is 806. The van der Waals surface area contributed by atoms with Gasteiger partial charge < -0.3 is 0 Å². The van der Waals surface area contributed by atoms with E-state index in [1.54, 1.807) is 10.8 Å². The molecule has 1 aromatic carbocycles. The third-order valence-corrected chi connectivity index (χ3v) is 4.54. The number of hydrogen-bond donors (Lipinski definition) is 1. The Morgan fingerprint density at radius 3 is 2.70 bits per heavy atom. The summed E-state index contributed by atoms with van der Waals surface area (Å²) < 4.78 is 38.9. The molecule has 1 amide bonds. The number of halogens is 1. The minimum atomic E-state index is -4.15. The number of nitriles is 1. The van der Waals surface area contributed by atoms with E-state index < -0.39 is 21.7 Å². The average Bonchev–Trinajstić information content (AvgIpc) is 2.84. The van der Waals surface area contributed by atoms with Crippen molar-refractivity contribution in [3.05, 3.63) is 52.0 Å². The monoisotopic (exact) mass is 310 g/mol. The minimum Gasteiger partial charge on any atom is -0.267 e. The van der Waals surface area contributed by atoms with Gasteiger partial charge in [-0.1, -0.05) is 6.07 Å². The predicted octanol–water partition coefficient (Wildman–Crippen LogP) is 1.88. The van der Waals surface area contributed by atoms with Crippen molar-refractivity contribution in [3.8, 4) is 6.07 Å². The van der Waals surface area contributed by atoms with Gasteiger partial charge in [0.25, 0.3) is 15.9 Å². The van der Waals surface area contributed by atoms with Crippen LogP contribution < -0.4 is 4.72 Å². The van der Waals surface area contributed by atoms with Gasteiger partial charge in [-0.3, -0.25) is 4.79 Å². The van der Waals surface area contributed by atoms with E-state index in [9.17, 15) is 17.6 Å². The molecule has 0 radical (unpaired) electrons. The zero-order valence-corrected chi connectivity index (χ0v) is 11.5. The number of nitrogens with one attached hydrogen (secondary N) is 1. The molecule has 1 heterocycles. The molecule has 0 spiro atoms. The lowest BCUT2D eigenvalue weighted by Gasteiger charge is -2.06. The van der Waals surface area contributed by atoms with Crippen LogP contribution in [0.15, 0.2) is 40.6 Å². The van der Waals surface area contributed by atoms with Crippen LogP contribution in [0.2, 0.25) is 0 Å². The quantitative estimate of drug-likeness (QED) is 0.937. The first-order chi connectivity index (χ1) is 9.44. The third kappa shape index (κ3) is 2.84. The number of nitrogens with zero attached hydrogens (tertiary/aromatic N) is 1. The molecule has 0 bridgehead atoms. The second kappa shape index (κ2) is 5.40. The second-order valence-electron chi connectivity index (χ2n) is 3.67. The number of rotatable bonds is 3. The number of carbonyl (C=O) groups is 1. The molecule has 2 rings (SSSR count). The van der Waals surface area contributed by atoms with Gasteiger partial charge in [-0.2, -0.15) is 5.26 Å². The summed E-state index contributed by atoms with van der Waals surface area (Å²) in [6.45, 7) is 0. The van der Waals surface area contributed by atoms with Crippen LogP contribution in [0.4, 0.5) is 4.39 Å². The van der Waals surface area contributed by atoms with Gasteiger partial charge in [-0.25, -0.2) is 17.5 Å². The lowest BCUT2D eigenvalue weighted by atomic mass is 10.2. The minimum absolute atomic E-state index is 0.141. The normalized spacial score (nSPS) is 10.8. The van der Waals surface area contributed by atoms with Gasteiger partial charge in [0.05, 0.1) is 16.5 Å². The largest absolute Gasteiger partial charge is 0.278 e. The maximum Gasteiger partial charge on any atom is 0.278 e. The van der Waals surface area contributed by atoms with E-state index in [0.717, 1.165) is 23.5 Å². The molecule has 102 valence electrons. The maximum atomic E-state index is 13.2. The van der Waals surface area contributed by atoms with Crippen LogP contribution in [0, 0.1) is 17.1 Å². The maximum absolute atomic E-state index is 13.2. The highest BCUT2D eigenvalue weighted by atomic mass is 32.2. The Hall–Kier alpha value is -2.24. The third-order valence-electron chi connectivity index (χ3n) is 2.32. The summed E-state index contributed by atoms with van der Waals surface area (Å²) in [4.78, 5) is 11.1. The topological polar surface area (TPSA) is 87.0 Å². The number of amides is 1. The molecule has 5 nitrogen and oxygen atoms in total. The fourth-order valence-electron chi connectivity index (χ4n) is 1.42. The van der Waals surface area contributed by atoms with E-state index in [1.165, 1.54) is 23.6 Å². The van der Waals surface area contributed by atoms with E-state index in [4.69, 9.17) is 5.26 Å². The first-order valence-corrected chi connectivity index (χ1v) is 7.60. The molecule has 8 heteroatoms. The smallest absolute Gasteiger partial charge is 0.267 e. The van der Waals surface area contributed by atoms with E-state index in [1.807, 2.05) is 0 Å². The van der Waals surface area contributed by atoms with Crippen LogP contribution >= 0.6 is 11.3 Å². The van der Waals surface area contributed by atoms with Crippen LogP contribution in [0.1, 0.15) is 15.2 Å². The Morgan fingerprint density at radius 1 is 1.35 bits per heavy atom. The Balaban J connectivity index is 2.30. The summed E-state index contributed by atoms with van der Waals surface area (Å²) in [5, 5.41) is 10.1. The molecule has 0 aliphatic carbocycles. The second-order valence-corrected chi connectivity index (χ2v) is 6.27. The van der Waals surface area contributed by atoms with Crippen molar-refractivity contribution in [3.63, 3.8) is 0 Å². The molecule has 2 aromatic rings. The van der Waals surface area contributed by atoms with E-state index in [-0.39, 0.29) is 15.3 Å². The van der Waals surface area contributed by atoms with Gasteiger partial charge in [-0.15, -0.1) is 11.3 Å². The van der Waals surface area contributed by atoms with Gasteiger partial charge in [-0.05, 0) is 29.6 Å². The van der Waals surface area contributed by atoms with Crippen LogP contribution in [0.5, 0.6) is 0 Å². The zero-order chi connectivity index (χ0) is 14.8. The van der Waals surface area contributed by atoms with Gasteiger partial charge in [0, 0.05) is 0 Å². The molecule has 0 unspecified atom stereocenters. The SMILES string of the molecule is N#Cc1cccc(S(=O)(=O)NC(=O)c2sccc2F)c1. The first-order valence-electron chi connectivity index (χ1n) is 5.24. The summed E-state index contributed by atoms with van der Waals surface area (Å²) in [6, 6.07) is 8.04. The number of thiophene rings is 1. The molecule has 0 saturated heterocycles. The summed E-state index contributed by atoms with van der Waals surface area (Å²) in [5.74, 6) is -1.83. The number of carbonyl (C=O) groups excluding carboxylic acids is 1. The Kier molecular flexibility index (Phi) is 3.83. The lowest BCUT2D eigenvalue weighted by molar-refractivity contribution is 0.0982. The highest BCUT2D eigenvalue weighted by molar-refractivity contribution is 7.90. The van der Waals surface area contributed by atoms with Crippen LogP contribution in [-0.2, 0) is 10.0 Å². The van der Waals surface area contributed by atoms with Crippen LogP contribution in [-0.4, -0.2) is 14.3 Å². The summed E-state index contributed by atoms with van der Waals surface area (Å²) in [6.07, 6.45) is 0. The van der Waals surface area contributed by atoms with Crippen molar-refractivity contribution in [1.82, 2.24) is 4.72 Å². The number of hydrogen-bond acceptors (Lipinski definition) is 5. The van der Waals surface area contributed by atoms with E-state index in [2.05, 4.69) is 0 Å². The Labute approximate surface area is 118 Å². The molecule has 0 saturated carbocycles. The van der Waals surface area contributed by atoms with Crippen molar-refractivity contribution in [2.75, 3.05) is 0 Å². The van der Waals surface area contributed by atoms with Crippen molar-refractivity contribution in [2.45, 2.75) is 4.90 Å². The van der Waals surface area contributed by atoms with E-state index in [0.29, 0.717) is 0 Å². The van der Waals surface area contributed by atoms with Crippen LogP contribution in [0.25, 0.3) is 0 Å². The molecule has 0 aliphatic heterocycles. The van der Waals surface area contributed by atoms with Gasteiger partial charge >= 0.3 is 0 Å².